The van der Waals surface area contributed by atoms with Crippen molar-refractivity contribution in [1.29, 1.82) is 0 Å². The van der Waals surface area contributed by atoms with Gasteiger partial charge in [-0.05, 0) is 53.6 Å². The van der Waals surface area contributed by atoms with Gasteiger partial charge in [-0.3, -0.25) is 10.1 Å². The molecule has 0 saturated carbocycles. The number of nitrogens with zero attached hydrogens (tertiary/aromatic N) is 2. The number of piperidine rings is 1. The number of aromatic amines is 1. The molecule has 1 aliphatic rings. The van der Waals surface area contributed by atoms with Crippen LogP contribution in [0, 0.1) is 6.92 Å². The summed E-state index contributed by atoms with van der Waals surface area (Å²) in [7, 11) is 0. The second kappa shape index (κ2) is 6.31. The molecule has 0 bridgehead atoms. The Hall–Kier alpha value is -1.70. The summed E-state index contributed by atoms with van der Waals surface area (Å²) in [6.07, 6.45) is 1.08. The van der Waals surface area contributed by atoms with Gasteiger partial charge in [-0.25, -0.2) is 4.52 Å². The van der Waals surface area contributed by atoms with Gasteiger partial charge in [0.25, 0.3) is 5.56 Å². The Morgan fingerprint density at radius 2 is 2.04 bits per heavy atom. The first kappa shape index (κ1) is 17.1. The van der Waals surface area contributed by atoms with Gasteiger partial charge in [0, 0.05) is 17.5 Å². The van der Waals surface area contributed by atoms with Gasteiger partial charge in [0.05, 0.1) is 17.0 Å². The lowest BCUT2D eigenvalue weighted by Gasteiger charge is -2.25. The van der Waals surface area contributed by atoms with E-state index < -0.39 is 6.23 Å². The summed E-state index contributed by atoms with van der Waals surface area (Å²) in [6, 6.07) is 1.64. The van der Waals surface area contributed by atoms with Gasteiger partial charge in [0.15, 0.2) is 0 Å². The van der Waals surface area contributed by atoms with Gasteiger partial charge in [-0.15, -0.1) is 0 Å². The zero-order valence-electron chi connectivity index (χ0n) is 14.8. The highest BCUT2D eigenvalue weighted by atomic mass is 16.3. The third-order valence-corrected chi connectivity index (χ3v) is 4.47. The molecule has 1 unspecified atom stereocenters. The summed E-state index contributed by atoms with van der Waals surface area (Å²) < 4.78 is 1.80. The molecule has 24 heavy (non-hydrogen) atoms. The van der Waals surface area contributed by atoms with Crippen molar-refractivity contribution in [3.05, 3.63) is 33.4 Å². The van der Waals surface area contributed by atoms with Crippen LogP contribution in [0.15, 0.2) is 10.9 Å². The molecule has 0 aliphatic carbocycles. The quantitative estimate of drug-likeness (QED) is 0.633. The summed E-state index contributed by atoms with van der Waals surface area (Å²) in [6.45, 7) is 9.71. The molecule has 0 radical (unpaired) electrons. The number of nitrogens with one attached hydrogen (secondary N) is 3. The lowest BCUT2D eigenvalue weighted by molar-refractivity contribution is 0.107. The van der Waals surface area contributed by atoms with E-state index in [0.717, 1.165) is 37.3 Å². The molecule has 7 heteroatoms. The third-order valence-electron chi connectivity index (χ3n) is 4.47. The van der Waals surface area contributed by atoms with E-state index in [2.05, 4.69) is 20.7 Å². The number of hydrogen-bond donors (Lipinski definition) is 4. The van der Waals surface area contributed by atoms with Crippen LogP contribution >= 0.6 is 0 Å². The molecular formula is C17H27N5O2. The monoisotopic (exact) mass is 333 g/mol. The highest BCUT2D eigenvalue weighted by Gasteiger charge is 2.26. The van der Waals surface area contributed by atoms with E-state index in [-0.39, 0.29) is 11.1 Å². The zero-order valence-corrected chi connectivity index (χ0v) is 14.8. The van der Waals surface area contributed by atoms with Crippen molar-refractivity contribution in [1.82, 2.24) is 25.2 Å². The van der Waals surface area contributed by atoms with Gasteiger partial charge < -0.3 is 15.4 Å². The summed E-state index contributed by atoms with van der Waals surface area (Å²) in [4.78, 5) is 15.1. The fraction of sp³-hybridized carbons (Fsp3) is 0.647. The van der Waals surface area contributed by atoms with E-state index in [1.807, 2.05) is 27.7 Å². The second-order valence-electron chi connectivity index (χ2n) is 7.64. The van der Waals surface area contributed by atoms with Crippen molar-refractivity contribution in [2.45, 2.75) is 58.2 Å². The summed E-state index contributed by atoms with van der Waals surface area (Å²) >= 11 is 0. The number of aryl methyl sites for hydroxylation is 1. The minimum atomic E-state index is -0.888. The molecule has 1 fully saturated rings. The molecule has 2 aromatic rings. The Balaban J connectivity index is 2.10. The minimum Gasteiger partial charge on any atom is -0.374 e. The number of aliphatic hydroxyl groups is 1. The van der Waals surface area contributed by atoms with E-state index in [4.69, 9.17) is 0 Å². The van der Waals surface area contributed by atoms with Crippen molar-refractivity contribution >= 4 is 5.65 Å². The van der Waals surface area contributed by atoms with Crippen LogP contribution in [0.25, 0.3) is 5.65 Å². The Morgan fingerprint density at radius 1 is 1.38 bits per heavy atom. The Kier molecular flexibility index (Phi) is 4.50. The van der Waals surface area contributed by atoms with Crippen LogP contribution in [0.4, 0.5) is 0 Å². The summed E-state index contributed by atoms with van der Waals surface area (Å²) in [5.74, 6) is 0.302. The predicted octanol–water partition coefficient (Wildman–Crippen LogP) is 1.18. The van der Waals surface area contributed by atoms with Crippen LogP contribution in [0.3, 0.4) is 0 Å². The normalized spacial score (nSPS) is 18.2. The number of hydrogen-bond acceptors (Lipinski definition) is 5. The van der Waals surface area contributed by atoms with Crippen molar-refractivity contribution in [2.24, 2.45) is 0 Å². The highest BCUT2D eigenvalue weighted by molar-refractivity contribution is 5.52. The Labute approximate surface area is 141 Å². The summed E-state index contributed by atoms with van der Waals surface area (Å²) in [5, 5.41) is 21.7. The predicted molar refractivity (Wildman–Crippen MR) is 93.2 cm³/mol. The average molecular weight is 333 g/mol. The van der Waals surface area contributed by atoms with Crippen molar-refractivity contribution in [3.8, 4) is 0 Å². The molecule has 3 heterocycles. The van der Waals surface area contributed by atoms with Gasteiger partial charge in [0.1, 0.15) is 11.9 Å². The Bertz CT molecular complexity index is 781. The number of fused-ring (bicyclic) bond motifs is 1. The van der Waals surface area contributed by atoms with E-state index in [1.165, 1.54) is 0 Å². The molecule has 1 saturated heterocycles. The van der Waals surface area contributed by atoms with Gasteiger partial charge >= 0.3 is 0 Å². The molecule has 0 spiro atoms. The largest absolute Gasteiger partial charge is 0.374 e. The van der Waals surface area contributed by atoms with Crippen molar-refractivity contribution < 1.29 is 5.11 Å². The van der Waals surface area contributed by atoms with Gasteiger partial charge in [-0.1, -0.05) is 0 Å². The number of aliphatic hydroxyl groups excluding tert-OH is 1. The van der Waals surface area contributed by atoms with Crippen LogP contribution in [-0.2, 0) is 0 Å². The SMILES string of the molecule is Cc1nn2c(C3CCNCC3)cc(=O)[nH]c2c1C(O)NC(C)(C)C. The van der Waals surface area contributed by atoms with E-state index in [1.54, 1.807) is 10.6 Å². The molecule has 7 nitrogen and oxygen atoms in total. The fourth-order valence-electron chi connectivity index (χ4n) is 3.41. The van der Waals surface area contributed by atoms with Gasteiger partial charge in [-0.2, -0.15) is 5.10 Å². The molecular weight excluding hydrogens is 306 g/mol. The molecule has 4 N–H and O–H groups in total. The van der Waals surface area contributed by atoms with Crippen LogP contribution in [0.2, 0.25) is 0 Å². The molecule has 1 atom stereocenters. The van der Waals surface area contributed by atoms with Crippen molar-refractivity contribution in [2.75, 3.05) is 13.1 Å². The maximum Gasteiger partial charge on any atom is 0.251 e. The number of rotatable bonds is 3. The maximum atomic E-state index is 12.2. The first-order valence-corrected chi connectivity index (χ1v) is 8.55. The summed E-state index contributed by atoms with van der Waals surface area (Å²) in [5.41, 5.74) is 2.45. The van der Waals surface area contributed by atoms with Gasteiger partial charge in [0.2, 0.25) is 0 Å². The lowest BCUT2D eigenvalue weighted by atomic mass is 9.94. The van der Waals surface area contributed by atoms with Crippen molar-refractivity contribution in [3.63, 3.8) is 0 Å². The maximum absolute atomic E-state index is 12.2. The van der Waals surface area contributed by atoms with E-state index in [0.29, 0.717) is 17.1 Å². The Morgan fingerprint density at radius 3 is 2.67 bits per heavy atom. The zero-order chi connectivity index (χ0) is 17.5. The number of aromatic nitrogens is 3. The molecule has 0 amide bonds. The topological polar surface area (TPSA) is 94.5 Å². The molecule has 2 aromatic heterocycles. The molecule has 0 aromatic carbocycles. The number of H-pyrrole nitrogens is 1. The molecule has 3 rings (SSSR count). The smallest absolute Gasteiger partial charge is 0.251 e. The lowest BCUT2D eigenvalue weighted by Crippen LogP contribution is -2.39. The molecule has 1 aliphatic heterocycles. The van der Waals surface area contributed by atoms with Crippen LogP contribution in [0.5, 0.6) is 0 Å². The van der Waals surface area contributed by atoms with E-state index in [9.17, 15) is 9.90 Å². The van der Waals surface area contributed by atoms with Crippen LogP contribution in [-0.4, -0.2) is 38.3 Å². The second-order valence-corrected chi connectivity index (χ2v) is 7.64. The van der Waals surface area contributed by atoms with Crippen LogP contribution < -0.4 is 16.2 Å². The fourth-order valence-corrected chi connectivity index (χ4v) is 3.41. The first-order valence-electron chi connectivity index (χ1n) is 8.55. The van der Waals surface area contributed by atoms with Crippen LogP contribution in [0.1, 0.15) is 62.7 Å². The average Bonchev–Trinajstić information content (AvgIpc) is 2.81. The van der Waals surface area contributed by atoms with E-state index >= 15 is 0 Å². The third kappa shape index (κ3) is 3.38. The highest BCUT2D eigenvalue weighted by Crippen LogP contribution is 2.28. The molecule has 132 valence electrons. The first-order chi connectivity index (χ1) is 11.3. The minimum absolute atomic E-state index is 0.153. The standard InChI is InChI=1S/C17H27N5O2/c1-10-14(16(24)20-17(2,3)4)15-19-13(23)9-12(22(15)21-10)11-5-7-18-8-6-11/h9,11,16,18,20,24H,5-8H2,1-4H3,(H,19,23).